The van der Waals surface area contributed by atoms with Crippen LogP contribution >= 0.6 is 0 Å². The predicted octanol–water partition coefficient (Wildman–Crippen LogP) is 10.2. The van der Waals surface area contributed by atoms with Crippen molar-refractivity contribution in [2.75, 3.05) is 13.1 Å². The molecule has 4 nitrogen and oxygen atoms in total. The molecule has 9 rings (SSSR count). The van der Waals surface area contributed by atoms with E-state index in [0.29, 0.717) is 11.3 Å². The summed E-state index contributed by atoms with van der Waals surface area (Å²) >= 11 is 0. The molecule has 0 amide bonds. The molecule has 4 saturated carbocycles. The molecule has 1 N–H and O–H groups in total. The van der Waals surface area contributed by atoms with Crippen LogP contribution in [0, 0.1) is 34.5 Å². The van der Waals surface area contributed by atoms with Crippen molar-refractivity contribution < 1.29 is 9.84 Å². The standard InChI is InChI=1S/C45H52N2O2/c1-44-26-25-38-36(37(44)22-24-40(44)48)21-19-33-18-20-34(29-45(33,38)2)46-27-28-47-42(31-12-5-3-6-13-31)41-35-16-10-9-11-30(35)17-23-39(41)49-43(47)32-14-7-4-8-15-32/h3-17,23,33,36-38,40,42-43,48H,18-22,24-29H2,1-2H3/t33?,36-,37-,38-,40?,42?,43?,44-,45-/m0/s1. The van der Waals surface area contributed by atoms with Gasteiger partial charge in [-0.05, 0) is 115 Å². The highest BCUT2D eigenvalue weighted by molar-refractivity contribution is 5.89. The Morgan fingerprint density at radius 3 is 2.31 bits per heavy atom. The summed E-state index contributed by atoms with van der Waals surface area (Å²) < 4.78 is 6.99. The Bertz CT molecular complexity index is 1840. The normalized spacial score (nSPS) is 36.4. The van der Waals surface area contributed by atoms with Crippen molar-refractivity contribution in [1.82, 2.24) is 4.90 Å². The molecule has 49 heavy (non-hydrogen) atoms. The molecular formula is C45H52N2O2. The number of benzene rings is 4. The molecule has 0 aromatic heterocycles. The van der Waals surface area contributed by atoms with Gasteiger partial charge in [-0.15, -0.1) is 0 Å². The lowest BCUT2D eigenvalue weighted by atomic mass is 9.45. The number of aliphatic hydroxyl groups excluding tert-OH is 1. The van der Waals surface area contributed by atoms with Crippen LogP contribution in [-0.2, 0) is 0 Å². The summed E-state index contributed by atoms with van der Waals surface area (Å²) in [6, 6.07) is 34.9. The molecule has 0 radical (unpaired) electrons. The molecule has 4 aromatic carbocycles. The quantitative estimate of drug-likeness (QED) is 0.233. The lowest BCUT2D eigenvalue weighted by Crippen LogP contribution is -2.54. The Labute approximate surface area is 292 Å². The van der Waals surface area contributed by atoms with Crippen LogP contribution in [0.15, 0.2) is 102 Å². The SMILES string of the molecule is C[C@]12CC(=NCCN3C(c4ccccc4)Oc4ccc5ccccc5c4C3c3ccccc3)CCC1CC[C@@H]1[C@@H]2CC[C@]2(C)C(O)CC[C@@H]12. The van der Waals surface area contributed by atoms with Crippen molar-refractivity contribution in [2.45, 2.75) is 90.0 Å². The number of fused-ring (bicyclic) bond motifs is 8. The lowest BCUT2D eigenvalue weighted by molar-refractivity contribution is -0.110. The summed E-state index contributed by atoms with van der Waals surface area (Å²) in [5, 5.41) is 13.5. The molecule has 4 unspecified atom stereocenters. The monoisotopic (exact) mass is 652 g/mol. The third-order valence-corrected chi connectivity index (χ3v) is 14.4. The van der Waals surface area contributed by atoms with Crippen molar-refractivity contribution in [3.8, 4) is 5.75 Å². The second-order valence-electron chi connectivity index (χ2n) is 16.6. The summed E-state index contributed by atoms with van der Waals surface area (Å²) in [7, 11) is 0. The van der Waals surface area contributed by atoms with E-state index >= 15 is 0 Å². The van der Waals surface area contributed by atoms with Crippen molar-refractivity contribution in [3.63, 3.8) is 0 Å². The molecule has 4 heteroatoms. The van der Waals surface area contributed by atoms with Crippen LogP contribution in [0.4, 0.5) is 0 Å². The third kappa shape index (κ3) is 5.19. The van der Waals surface area contributed by atoms with Crippen LogP contribution in [-0.4, -0.2) is 34.9 Å². The number of aliphatic imine (C=N–C) groups is 1. The summed E-state index contributed by atoms with van der Waals surface area (Å²) in [6.45, 7) is 6.63. The van der Waals surface area contributed by atoms with Crippen LogP contribution in [0.2, 0.25) is 0 Å². The summed E-state index contributed by atoms with van der Waals surface area (Å²) in [4.78, 5) is 8.07. The van der Waals surface area contributed by atoms with Crippen molar-refractivity contribution >= 4 is 16.5 Å². The molecule has 1 heterocycles. The van der Waals surface area contributed by atoms with E-state index in [0.717, 1.165) is 55.9 Å². The average molecular weight is 653 g/mol. The number of aliphatic hydroxyl groups is 1. The van der Waals surface area contributed by atoms with Gasteiger partial charge in [0.25, 0.3) is 0 Å². The Morgan fingerprint density at radius 1 is 0.755 bits per heavy atom. The molecule has 1 aliphatic heterocycles. The molecule has 0 bridgehead atoms. The van der Waals surface area contributed by atoms with Gasteiger partial charge >= 0.3 is 0 Å². The maximum atomic E-state index is 11.0. The summed E-state index contributed by atoms with van der Waals surface area (Å²) in [5.41, 5.74) is 5.64. The summed E-state index contributed by atoms with van der Waals surface area (Å²) in [5.74, 6) is 4.03. The fourth-order valence-corrected chi connectivity index (χ4v) is 11.9. The number of nitrogens with zero attached hydrogens (tertiary/aromatic N) is 2. The first-order valence-corrected chi connectivity index (χ1v) is 19.2. The smallest absolute Gasteiger partial charge is 0.179 e. The Balaban J connectivity index is 1.03. The van der Waals surface area contributed by atoms with Gasteiger partial charge in [-0.1, -0.05) is 105 Å². The van der Waals surface area contributed by atoms with Gasteiger partial charge in [-0.2, -0.15) is 0 Å². The van der Waals surface area contributed by atoms with Crippen LogP contribution in [0.25, 0.3) is 10.8 Å². The van der Waals surface area contributed by atoms with Crippen LogP contribution in [0.1, 0.15) is 101 Å². The van der Waals surface area contributed by atoms with Gasteiger partial charge in [0.05, 0.1) is 18.7 Å². The van der Waals surface area contributed by atoms with E-state index in [-0.39, 0.29) is 23.8 Å². The molecule has 4 fully saturated rings. The van der Waals surface area contributed by atoms with Crippen molar-refractivity contribution in [1.29, 1.82) is 0 Å². The molecule has 5 aliphatic rings. The zero-order valence-corrected chi connectivity index (χ0v) is 29.3. The summed E-state index contributed by atoms with van der Waals surface area (Å²) in [6.07, 6.45) is 10.7. The van der Waals surface area contributed by atoms with Crippen LogP contribution < -0.4 is 4.74 Å². The Kier molecular flexibility index (Phi) is 7.97. The molecule has 9 atom stereocenters. The van der Waals surface area contributed by atoms with Gasteiger partial charge in [-0.25, -0.2) is 0 Å². The fourth-order valence-electron chi connectivity index (χ4n) is 11.9. The molecule has 0 spiro atoms. The number of hydrogen-bond acceptors (Lipinski definition) is 4. The molecule has 254 valence electrons. The molecular weight excluding hydrogens is 601 g/mol. The Hall–Kier alpha value is -3.47. The fraction of sp³-hybridized carbons (Fsp3) is 0.489. The maximum Gasteiger partial charge on any atom is 0.179 e. The maximum absolute atomic E-state index is 11.0. The van der Waals surface area contributed by atoms with Crippen molar-refractivity contribution in [2.24, 2.45) is 39.5 Å². The highest BCUT2D eigenvalue weighted by Gasteiger charge is 2.60. The second-order valence-corrected chi connectivity index (χ2v) is 16.6. The van der Waals surface area contributed by atoms with Gasteiger partial charge < -0.3 is 9.84 Å². The first kappa shape index (κ1) is 31.5. The van der Waals surface area contributed by atoms with E-state index in [1.165, 1.54) is 71.7 Å². The Morgan fingerprint density at radius 2 is 1.49 bits per heavy atom. The third-order valence-electron chi connectivity index (χ3n) is 14.4. The number of ether oxygens (including phenoxy) is 1. The van der Waals surface area contributed by atoms with Gasteiger partial charge in [0, 0.05) is 23.4 Å². The minimum absolute atomic E-state index is 0.0483. The highest BCUT2D eigenvalue weighted by Crippen LogP contribution is 2.66. The van der Waals surface area contributed by atoms with E-state index in [1.54, 1.807) is 0 Å². The number of hydrogen-bond donors (Lipinski definition) is 1. The predicted molar refractivity (Wildman–Crippen MR) is 199 cm³/mol. The van der Waals surface area contributed by atoms with Gasteiger partial charge in [0.1, 0.15) is 5.75 Å². The largest absolute Gasteiger partial charge is 0.470 e. The molecule has 4 aliphatic carbocycles. The van der Waals surface area contributed by atoms with E-state index in [9.17, 15) is 5.11 Å². The van der Waals surface area contributed by atoms with E-state index in [1.807, 2.05) is 0 Å². The second kappa shape index (κ2) is 12.4. The van der Waals surface area contributed by atoms with E-state index < -0.39 is 0 Å². The highest BCUT2D eigenvalue weighted by atomic mass is 16.5. The first-order chi connectivity index (χ1) is 23.9. The van der Waals surface area contributed by atoms with Gasteiger partial charge in [0.2, 0.25) is 0 Å². The van der Waals surface area contributed by atoms with Crippen LogP contribution in [0.3, 0.4) is 0 Å². The minimum Gasteiger partial charge on any atom is -0.470 e. The zero-order valence-electron chi connectivity index (χ0n) is 29.3. The minimum atomic E-state index is -0.203. The van der Waals surface area contributed by atoms with Gasteiger partial charge in [-0.3, -0.25) is 9.89 Å². The van der Waals surface area contributed by atoms with Crippen LogP contribution in [0.5, 0.6) is 5.75 Å². The first-order valence-electron chi connectivity index (χ1n) is 19.2. The average Bonchev–Trinajstić information content (AvgIpc) is 3.45. The van der Waals surface area contributed by atoms with E-state index in [4.69, 9.17) is 9.73 Å². The molecule has 0 saturated heterocycles. The van der Waals surface area contributed by atoms with E-state index in [2.05, 4.69) is 116 Å². The molecule has 4 aromatic rings. The topological polar surface area (TPSA) is 45.1 Å². The zero-order chi connectivity index (χ0) is 33.2. The van der Waals surface area contributed by atoms with Gasteiger partial charge in [0.15, 0.2) is 6.23 Å². The lowest BCUT2D eigenvalue weighted by Gasteiger charge is -2.60. The van der Waals surface area contributed by atoms with Crippen molar-refractivity contribution in [3.05, 3.63) is 114 Å². The number of rotatable bonds is 5.